The minimum atomic E-state index is -0.482. The zero-order chi connectivity index (χ0) is 21.8. The first-order valence-corrected chi connectivity index (χ1v) is 11.1. The van der Waals surface area contributed by atoms with Gasteiger partial charge in [0, 0.05) is 16.5 Å². The average molecular weight is 453 g/mol. The van der Waals surface area contributed by atoms with Crippen LogP contribution in [0.3, 0.4) is 0 Å². The third-order valence-corrected chi connectivity index (χ3v) is 5.94. The molecular formula is C23H21ClN4O2S. The molecule has 31 heavy (non-hydrogen) atoms. The third-order valence-electron chi connectivity index (χ3n) is 4.78. The number of esters is 1. The molecule has 0 radical (unpaired) electrons. The highest BCUT2D eigenvalue weighted by Gasteiger charge is 2.35. The molecule has 0 amide bonds. The molecule has 1 atom stereocenters. The molecule has 0 saturated heterocycles. The van der Waals surface area contributed by atoms with Crippen molar-refractivity contribution in [3.63, 3.8) is 0 Å². The molecule has 1 N–H and O–H groups in total. The van der Waals surface area contributed by atoms with Gasteiger partial charge in [-0.05, 0) is 30.2 Å². The second-order valence-electron chi connectivity index (χ2n) is 6.94. The number of hydrogen-bond acceptors (Lipinski definition) is 6. The molecular weight excluding hydrogens is 432 g/mol. The van der Waals surface area contributed by atoms with E-state index in [1.54, 1.807) is 22.9 Å². The number of aromatic nitrogens is 3. The van der Waals surface area contributed by atoms with Gasteiger partial charge in [-0.15, -0.1) is 5.10 Å². The van der Waals surface area contributed by atoms with Crippen molar-refractivity contribution < 1.29 is 9.53 Å². The third kappa shape index (κ3) is 4.68. The van der Waals surface area contributed by atoms with Crippen LogP contribution >= 0.6 is 23.4 Å². The quantitative estimate of drug-likeness (QED) is 0.300. The maximum atomic E-state index is 12.9. The van der Waals surface area contributed by atoms with E-state index >= 15 is 0 Å². The molecule has 3 aromatic rings. The number of nitrogens with one attached hydrogen (secondary N) is 1. The number of allylic oxidation sites excluding steroid dienone is 1. The van der Waals surface area contributed by atoms with E-state index in [-0.39, 0.29) is 6.61 Å². The Morgan fingerprint density at radius 1 is 1.26 bits per heavy atom. The molecule has 2 aromatic carbocycles. The fourth-order valence-corrected chi connectivity index (χ4v) is 4.26. The minimum absolute atomic E-state index is 0.130. The monoisotopic (exact) mass is 452 g/mol. The van der Waals surface area contributed by atoms with Crippen LogP contribution in [0.15, 0.2) is 83.7 Å². The molecule has 158 valence electrons. The van der Waals surface area contributed by atoms with Gasteiger partial charge in [0.15, 0.2) is 0 Å². The van der Waals surface area contributed by atoms with Gasteiger partial charge < -0.3 is 10.1 Å². The Morgan fingerprint density at radius 3 is 2.71 bits per heavy atom. The van der Waals surface area contributed by atoms with E-state index in [4.69, 9.17) is 21.4 Å². The molecule has 1 aliphatic rings. The number of carbonyl (C=O) groups excluding carboxylic acids is 1. The molecule has 6 nitrogen and oxygen atoms in total. The van der Waals surface area contributed by atoms with E-state index in [0.717, 1.165) is 11.3 Å². The number of fused-ring (bicyclic) bond motifs is 1. The standard InChI is InChI=1S/C23H21ClN4O2S/c1-3-13-30-21(29)19-15(2)25-22-26-23(31-14-16-7-5-4-6-8-16)27-28(22)20(19)17-9-11-18(24)12-10-17/h3-12,20H,1,13-14H2,2H3,(H,25,26,27)/t20-/m1/s1. The first-order valence-electron chi connectivity index (χ1n) is 9.71. The van der Waals surface area contributed by atoms with Crippen molar-refractivity contribution in [3.8, 4) is 0 Å². The number of thioether (sulfide) groups is 1. The summed E-state index contributed by atoms with van der Waals surface area (Å²) in [5.74, 6) is 0.897. The van der Waals surface area contributed by atoms with Crippen LogP contribution in [0.1, 0.15) is 24.1 Å². The molecule has 8 heteroatoms. The lowest BCUT2D eigenvalue weighted by Gasteiger charge is -2.28. The highest BCUT2D eigenvalue weighted by atomic mass is 35.5. The minimum Gasteiger partial charge on any atom is -0.458 e. The lowest BCUT2D eigenvalue weighted by Crippen LogP contribution is -2.29. The van der Waals surface area contributed by atoms with Gasteiger partial charge in [0.25, 0.3) is 0 Å². The molecule has 0 spiro atoms. The molecule has 0 saturated carbocycles. The highest BCUT2D eigenvalue weighted by Crippen LogP contribution is 2.37. The van der Waals surface area contributed by atoms with E-state index in [0.29, 0.717) is 27.4 Å². The Bertz CT molecular complexity index is 1130. The summed E-state index contributed by atoms with van der Waals surface area (Å²) in [4.78, 5) is 17.5. The average Bonchev–Trinajstić information content (AvgIpc) is 3.19. The van der Waals surface area contributed by atoms with Crippen molar-refractivity contribution >= 4 is 35.3 Å². The van der Waals surface area contributed by atoms with Crippen LogP contribution < -0.4 is 5.32 Å². The summed E-state index contributed by atoms with van der Waals surface area (Å²) in [5.41, 5.74) is 3.20. The summed E-state index contributed by atoms with van der Waals surface area (Å²) in [5, 5.41) is 9.15. The number of anilines is 1. The molecule has 0 aliphatic carbocycles. The number of halogens is 1. The van der Waals surface area contributed by atoms with Crippen LogP contribution in [0.25, 0.3) is 0 Å². The Kier molecular flexibility index (Phi) is 6.44. The number of hydrogen-bond donors (Lipinski definition) is 1. The number of rotatable bonds is 7. The van der Waals surface area contributed by atoms with Crippen LogP contribution in [0.4, 0.5) is 5.95 Å². The lowest BCUT2D eigenvalue weighted by atomic mass is 9.96. The van der Waals surface area contributed by atoms with Crippen molar-refractivity contribution in [2.75, 3.05) is 11.9 Å². The van der Waals surface area contributed by atoms with Crippen molar-refractivity contribution in [2.45, 2.75) is 23.9 Å². The van der Waals surface area contributed by atoms with Gasteiger partial charge in [-0.1, -0.05) is 78.5 Å². The summed E-state index contributed by atoms with van der Waals surface area (Å²) in [6.07, 6.45) is 1.54. The van der Waals surface area contributed by atoms with Gasteiger partial charge in [0.2, 0.25) is 11.1 Å². The highest BCUT2D eigenvalue weighted by molar-refractivity contribution is 7.98. The van der Waals surface area contributed by atoms with Crippen LogP contribution in [0, 0.1) is 0 Å². The molecule has 4 rings (SSSR count). The number of ether oxygens (including phenoxy) is 1. The zero-order valence-electron chi connectivity index (χ0n) is 16.9. The fraction of sp³-hybridized carbons (Fsp3) is 0.174. The molecule has 2 heterocycles. The Morgan fingerprint density at radius 2 is 2.00 bits per heavy atom. The van der Waals surface area contributed by atoms with Crippen LogP contribution in [0.2, 0.25) is 5.02 Å². The first-order chi connectivity index (χ1) is 15.1. The SMILES string of the molecule is C=CCOC(=O)C1=C(C)Nc2nc(SCc3ccccc3)nn2[C@@H]1c1ccc(Cl)cc1. The van der Waals surface area contributed by atoms with E-state index in [1.165, 1.54) is 17.3 Å². The number of carbonyl (C=O) groups is 1. The summed E-state index contributed by atoms with van der Waals surface area (Å²) in [7, 11) is 0. The largest absolute Gasteiger partial charge is 0.458 e. The molecule has 0 bridgehead atoms. The van der Waals surface area contributed by atoms with Crippen LogP contribution in [-0.2, 0) is 15.3 Å². The van der Waals surface area contributed by atoms with Crippen molar-refractivity contribution in [3.05, 3.63) is 94.7 Å². The van der Waals surface area contributed by atoms with Gasteiger partial charge in [0.05, 0.1) is 5.57 Å². The maximum absolute atomic E-state index is 12.9. The van der Waals surface area contributed by atoms with Gasteiger partial charge in [0.1, 0.15) is 12.6 Å². The molecule has 0 unspecified atom stereocenters. The van der Waals surface area contributed by atoms with Crippen molar-refractivity contribution in [1.82, 2.24) is 14.8 Å². The van der Waals surface area contributed by atoms with Gasteiger partial charge in [-0.2, -0.15) is 4.98 Å². The first kappa shape index (κ1) is 21.2. The summed E-state index contributed by atoms with van der Waals surface area (Å²) >= 11 is 7.62. The summed E-state index contributed by atoms with van der Waals surface area (Å²) in [6.45, 7) is 5.58. The lowest BCUT2D eigenvalue weighted by molar-refractivity contribution is -0.138. The van der Waals surface area contributed by atoms with E-state index in [2.05, 4.69) is 29.0 Å². The van der Waals surface area contributed by atoms with Gasteiger partial charge >= 0.3 is 5.97 Å². The zero-order valence-corrected chi connectivity index (χ0v) is 18.5. The summed E-state index contributed by atoms with van der Waals surface area (Å²) < 4.78 is 7.09. The second-order valence-corrected chi connectivity index (χ2v) is 8.32. The molecule has 1 aromatic heterocycles. The van der Waals surface area contributed by atoms with Crippen LogP contribution in [-0.4, -0.2) is 27.3 Å². The second kappa shape index (κ2) is 9.41. The predicted octanol–water partition coefficient (Wildman–Crippen LogP) is 5.24. The summed E-state index contributed by atoms with van der Waals surface area (Å²) in [6, 6.07) is 17.0. The fourth-order valence-electron chi connectivity index (χ4n) is 3.34. The van der Waals surface area contributed by atoms with Gasteiger partial charge in [-0.25, -0.2) is 9.48 Å². The Labute approximate surface area is 190 Å². The number of nitrogens with zero attached hydrogens (tertiary/aromatic N) is 3. The number of benzene rings is 2. The maximum Gasteiger partial charge on any atom is 0.338 e. The van der Waals surface area contributed by atoms with Crippen LogP contribution in [0.5, 0.6) is 0 Å². The van der Waals surface area contributed by atoms with E-state index in [1.807, 2.05) is 37.3 Å². The topological polar surface area (TPSA) is 69.0 Å². The Hall–Kier alpha value is -3.03. The van der Waals surface area contributed by atoms with Crippen molar-refractivity contribution in [1.29, 1.82) is 0 Å². The molecule has 0 fully saturated rings. The normalized spacial score (nSPS) is 15.2. The van der Waals surface area contributed by atoms with E-state index < -0.39 is 12.0 Å². The molecule has 1 aliphatic heterocycles. The predicted molar refractivity (Wildman–Crippen MR) is 123 cm³/mol. The van der Waals surface area contributed by atoms with Gasteiger partial charge in [-0.3, -0.25) is 0 Å². The Balaban J connectivity index is 1.69. The smallest absolute Gasteiger partial charge is 0.338 e. The van der Waals surface area contributed by atoms with Crippen molar-refractivity contribution in [2.24, 2.45) is 0 Å². The van der Waals surface area contributed by atoms with E-state index in [9.17, 15) is 4.79 Å².